The Morgan fingerprint density at radius 1 is 0.893 bits per heavy atom. The molecular weight excluding hydrogens is 406 g/mol. The number of Topliss-reactive ketones (excluding diaryl/α,β-unsaturated/α-hetero) is 1. The number of thiophene rings is 2. The lowest BCUT2D eigenvalue weighted by Gasteiger charge is -2.22. The molecule has 1 atom stereocenters. The van der Waals surface area contributed by atoms with Gasteiger partial charge in [0.1, 0.15) is 11.4 Å². The summed E-state index contributed by atoms with van der Waals surface area (Å²) in [5.74, 6) is 0.162. The molecular formula is C21H15N3OS3. The van der Waals surface area contributed by atoms with Crippen molar-refractivity contribution in [2.75, 3.05) is 0 Å². The Kier molecular flexibility index (Phi) is 4.80. The van der Waals surface area contributed by atoms with Gasteiger partial charge in [-0.2, -0.15) is 0 Å². The number of hydrogen-bond donors (Lipinski definition) is 0. The van der Waals surface area contributed by atoms with E-state index in [9.17, 15) is 4.79 Å². The van der Waals surface area contributed by atoms with E-state index in [1.807, 2.05) is 59.3 Å². The lowest BCUT2D eigenvalue weighted by atomic mass is 9.90. The van der Waals surface area contributed by atoms with Gasteiger partial charge in [0.2, 0.25) is 5.16 Å². The molecule has 0 bridgehead atoms. The van der Waals surface area contributed by atoms with Crippen LogP contribution in [0.5, 0.6) is 0 Å². The van der Waals surface area contributed by atoms with Crippen LogP contribution in [0.25, 0.3) is 21.1 Å². The maximum Gasteiger partial charge on any atom is 0.210 e. The molecule has 0 spiro atoms. The van der Waals surface area contributed by atoms with Crippen molar-refractivity contribution < 1.29 is 4.79 Å². The molecule has 4 nitrogen and oxygen atoms in total. The van der Waals surface area contributed by atoms with Crippen molar-refractivity contribution in [1.82, 2.24) is 15.2 Å². The SMILES string of the molecule is O=C1c2ccccc2CCC1Sc1nnc(-c2cccs2)c(-c2cccs2)n1. The maximum absolute atomic E-state index is 12.9. The van der Waals surface area contributed by atoms with Crippen molar-refractivity contribution in [3.8, 4) is 21.1 Å². The van der Waals surface area contributed by atoms with Gasteiger partial charge in [-0.25, -0.2) is 4.98 Å². The van der Waals surface area contributed by atoms with E-state index in [1.54, 1.807) is 22.7 Å². The second kappa shape index (κ2) is 7.58. The van der Waals surface area contributed by atoms with Gasteiger partial charge >= 0.3 is 0 Å². The molecule has 28 heavy (non-hydrogen) atoms. The first-order valence-corrected chi connectivity index (χ1v) is 11.5. The van der Waals surface area contributed by atoms with Crippen LogP contribution in [0.4, 0.5) is 0 Å². The summed E-state index contributed by atoms with van der Waals surface area (Å²) in [5, 5.41) is 13.3. The Morgan fingerprint density at radius 3 is 2.39 bits per heavy atom. The summed E-state index contributed by atoms with van der Waals surface area (Å²) in [6.07, 6.45) is 1.70. The van der Waals surface area contributed by atoms with Crippen LogP contribution in [0.2, 0.25) is 0 Å². The Hall–Kier alpha value is -2.35. The van der Waals surface area contributed by atoms with E-state index < -0.39 is 0 Å². The van der Waals surface area contributed by atoms with Gasteiger partial charge < -0.3 is 0 Å². The lowest BCUT2D eigenvalue weighted by molar-refractivity contribution is 0.0979. The first-order chi connectivity index (χ1) is 13.8. The molecule has 0 N–H and O–H groups in total. The van der Waals surface area contributed by atoms with E-state index in [-0.39, 0.29) is 11.0 Å². The highest BCUT2D eigenvalue weighted by Gasteiger charge is 2.29. The van der Waals surface area contributed by atoms with E-state index in [0.717, 1.165) is 45.1 Å². The summed E-state index contributed by atoms with van der Waals surface area (Å²) in [5.41, 5.74) is 3.59. The molecule has 1 aliphatic rings. The first-order valence-electron chi connectivity index (χ1n) is 8.91. The van der Waals surface area contributed by atoms with Crippen LogP contribution >= 0.6 is 34.4 Å². The van der Waals surface area contributed by atoms with Crippen LogP contribution in [0.1, 0.15) is 22.3 Å². The van der Waals surface area contributed by atoms with Gasteiger partial charge in [0.15, 0.2) is 5.78 Å². The molecule has 1 aromatic carbocycles. The van der Waals surface area contributed by atoms with Gasteiger partial charge in [0, 0.05) is 5.56 Å². The third-order valence-corrected chi connectivity index (χ3v) is 7.55. The molecule has 0 saturated heterocycles. The molecule has 5 rings (SSSR count). The number of nitrogens with zero attached hydrogens (tertiary/aromatic N) is 3. The average molecular weight is 422 g/mol. The van der Waals surface area contributed by atoms with Crippen LogP contribution in [-0.4, -0.2) is 26.2 Å². The van der Waals surface area contributed by atoms with Crippen molar-refractivity contribution in [2.45, 2.75) is 23.2 Å². The van der Waals surface area contributed by atoms with Gasteiger partial charge in [0.25, 0.3) is 0 Å². The minimum atomic E-state index is -0.166. The van der Waals surface area contributed by atoms with E-state index in [1.165, 1.54) is 11.8 Å². The number of hydrogen-bond acceptors (Lipinski definition) is 7. The van der Waals surface area contributed by atoms with Gasteiger partial charge in [-0.3, -0.25) is 4.79 Å². The van der Waals surface area contributed by atoms with Crippen molar-refractivity contribution >= 4 is 40.2 Å². The number of thioether (sulfide) groups is 1. The van der Waals surface area contributed by atoms with E-state index >= 15 is 0 Å². The predicted octanol–water partition coefficient (Wildman–Crippen LogP) is 5.62. The van der Waals surface area contributed by atoms with E-state index in [4.69, 9.17) is 4.98 Å². The first kappa shape index (κ1) is 17.7. The summed E-state index contributed by atoms with van der Waals surface area (Å²) in [4.78, 5) is 19.8. The molecule has 7 heteroatoms. The fourth-order valence-electron chi connectivity index (χ4n) is 3.33. The van der Waals surface area contributed by atoms with Gasteiger partial charge in [0.05, 0.1) is 15.0 Å². The van der Waals surface area contributed by atoms with E-state index in [2.05, 4.69) is 10.2 Å². The van der Waals surface area contributed by atoms with E-state index in [0.29, 0.717) is 5.16 Å². The molecule has 0 aliphatic heterocycles. The van der Waals surface area contributed by atoms with Crippen molar-refractivity contribution in [1.29, 1.82) is 0 Å². The molecule has 0 fully saturated rings. The standard InChI is InChI=1S/C21H15N3OS3/c25-20-14-6-2-1-5-13(14)9-10-17(20)28-21-22-18(15-7-3-11-26-15)19(23-24-21)16-8-4-12-27-16/h1-8,11-12,17H,9-10H2. The highest BCUT2D eigenvalue weighted by molar-refractivity contribution is 8.00. The Labute approximate surface area is 174 Å². The maximum atomic E-state index is 12.9. The lowest BCUT2D eigenvalue weighted by Crippen LogP contribution is -2.25. The zero-order valence-electron chi connectivity index (χ0n) is 14.7. The Bertz CT molecular complexity index is 1120. The number of carbonyl (C=O) groups excluding carboxylic acids is 1. The zero-order chi connectivity index (χ0) is 18.9. The second-order valence-corrected chi connectivity index (χ2v) is 9.48. The number of aryl methyl sites for hydroxylation is 1. The minimum absolute atomic E-state index is 0.162. The second-order valence-electron chi connectivity index (χ2n) is 6.41. The monoisotopic (exact) mass is 421 g/mol. The predicted molar refractivity (Wildman–Crippen MR) is 115 cm³/mol. The van der Waals surface area contributed by atoms with Gasteiger partial charge in [-0.05, 0) is 41.3 Å². The Balaban J connectivity index is 1.48. The summed E-state index contributed by atoms with van der Waals surface area (Å²) in [7, 11) is 0. The van der Waals surface area contributed by atoms with Gasteiger partial charge in [-0.1, -0.05) is 48.2 Å². The fraction of sp³-hybridized carbons (Fsp3) is 0.143. The molecule has 0 amide bonds. The molecule has 0 saturated carbocycles. The summed E-state index contributed by atoms with van der Waals surface area (Å²) >= 11 is 4.68. The van der Waals surface area contributed by atoms with Crippen molar-refractivity contribution in [3.63, 3.8) is 0 Å². The molecule has 3 aromatic heterocycles. The Morgan fingerprint density at radius 2 is 1.64 bits per heavy atom. The molecule has 138 valence electrons. The smallest absolute Gasteiger partial charge is 0.210 e. The van der Waals surface area contributed by atoms with Crippen molar-refractivity contribution in [3.05, 3.63) is 70.4 Å². The van der Waals surface area contributed by atoms with Crippen molar-refractivity contribution in [2.24, 2.45) is 0 Å². The average Bonchev–Trinajstić information content (AvgIpc) is 3.44. The molecule has 3 heterocycles. The molecule has 1 unspecified atom stereocenters. The minimum Gasteiger partial charge on any atom is -0.293 e. The molecule has 1 aliphatic carbocycles. The number of benzene rings is 1. The molecule has 0 radical (unpaired) electrons. The van der Waals surface area contributed by atoms with Crippen LogP contribution in [0, 0.1) is 0 Å². The largest absolute Gasteiger partial charge is 0.293 e. The fourth-order valence-corrected chi connectivity index (χ4v) is 5.72. The number of aromatic nitrogens is 3. The number of fused-ring (bicyclic) bond motifs is 1. The van der Waals surface area contributed by atoms with Crippen LogP contribution in [0.3, 0.4) is 0 Å². The summed E-state index contributed by atoms with van der Waals surface area (Å²) < 4.78 is 0. The topological polar surface area (TPSA) is 55.7 Å². The summed E-state index contributed by atoms with van der Waals surface area (Å²) in [6, 6.07) is 16.0. The highest BCUT2D eigenvalue weighted by Crippen LogP contribution is 2.37. The van der Waals surface area contributed by atoms with Crippen LogP contribution < -0.4 is 0 Å². The van der Waals surface area contributed by atoms with Crippen LogP contribution in [0.15, 0.2) is 64.4 Å². The number of carbonyl (C=O) groups is 1. The zero-order valence-corrected chi connectivity index (χ0v) is 17.2. The third kappa shape index (κ3) is 3.30. The number of rotatable bonds is 4. The normalized spacial score (nSPS) is 16.1. The quantitative estimate of drug-likeness (QED) is 0.428. The van der Waals surface area contributed by atoms with Gasteiger partial charge in [-0.15, -0.1) is 32.9 Å². The number of ketones is 1. The summed E-state index contributed by atoms with van der Waals surface area (Å²) in [6.45, 7) is 0. The highest BCUT2D eigenvalue weighted by atomic mass is 32.2. The third-order valence-electron chi connectivity index (χ3n) is 4.68. The van der Waals surface area contributed by atoms with Crippen LogP contribution in [-0.2, 0) is 6.42 Å². The molecule has 4 aromatic rings.